The summed E-state index contributed by atoms with van der Waals surface area (Å²) in [7, 11) is 1.43. The van der Waals surface area contributed by atoms with Gasteiger partial charge in [0.05, 0.1) is 12.3 Å². The van der Waals surface area contributed by atoms with Crippen LogP contribution in [0.5, 0.6) is 0 Å². The highest BCUT2D eigenvalue weighted by Gasteiger charge is 2.28. The van der Waals surface area contributed by atoms with Gasteiger partial charge in [-0.15, -0.1) is 0 Å². The number of nitrogens with one attached hydrogen (secondary N) is 3. The van der Waals surface area contributed by atoms with Gasteiger partial charge in [-0.2, -0.15) is 0 Å². The van der Waals surface area contributed by atoms with Crippen LogP contribution in [-0.4, -0.2) is 54.2 Å². The van der Waals surface area contributed by atoms with Crippen molar-refractivity contribution < 1.29 is 23.9 Å². The SMILES string of the molecule is CO[C@@H](Cc1c[nH]c2ccc(C)cc12)C(=O)N[C@@H](CCC(=O)C=N)C(=O)OC(C)C. The molecule has 0 spiro atoms. The van der Waals surface area contributed by atoms with Gasteiger partial charge in [0, 0.05) is 37.1 Å². The van der Waals surface area contributed by atoms with E-state index in [2.05, 4.69) is 10.3 Å². The summed E-state index contributed by atoms with van der Waals surface area (Å²) < 4.78 is 10.6. The van der Waals surface area contributed by atoms with Gasteiger partial charge in [-0.3, -0.25) is 9.59 Å². The average Bonchev–Trinajstić information content (AvgIpc) is 3.09. The number of aromatic amines is 1. The van der Waals surface area contributed by atoms with Gasteiger partial charge in [0.15, 0.2) is 5.78 Å². The molecule has 162 valence electrons. The minimum Gasteiger partial charge on any atom is -0.461 e. The standard InChI is InChI=1S/C22H29N3O5/c1-13(2)30-22(28)19(8-6-16(26)11-23)25-21(27)20(29-4)10-15-12-24-18-7-5-14(3)9-17(15)18/h5,7,9,11-13,19-20,23-24H,6,8,10H2,1-4H3,(H,25,27)/t19-,20-/m0/s1. The Kier molecular flexibility index (Phi) is 8.29. The van der Waals surface area contributed by atoms with E-state index < -0.39 is 29.8 Å². The van der Waals surface area contributed by atoms with E-state index in [-0.39, 0.29) is 18.9 Å². The van der Waals surface area contributed by atoms with Gasteiger partial charge in [0.1, 0.15) is 12.1 Å². The second kappa shape index (κ2) is 10.7. The monoisotopic (exact) mass is 415 g/mol. The largest absolute Gasteiger partial charge is 0.461 e. The second-order valence-electron chi connectivity index (χ2n) is 7.49. The van der Waals surface area contributed by atoms with Gasteiger partial charge in [-0.25, -0.2) is 4.79 Å². The number of H-pyrrole nitrogens is 1. The third-order valence-corrected chi connectivity index (χ3v) is 4.70. The molecule has 1 aromatic heterocycles. The smallest absolute Gasteiger partial charge is 0.328 e. The fourth-order valence-electron chi connectivity index (χ4n) is 3.13. The van der Waals surface area contributed by atoms with Crippen molar-refractivity contribution in [3.63, 3.8) is 0 Å². The van der Waals surface area contributed by atoms with E-state index in [0.717, 1.165) is 22.0 Å². The fourth-order valence-corrected chi connectivity index (χ4v) is 3.13. The summed E-state index contributed by atoms with van der Waals surface area (Å²) in [6.45, 7) is 5.41. The highest BCUT2D eigenvalue weighted by molar-refractivity contribution is 6.26. The molecule has 2 aromatic rings. The molecule has 0 saturated carbocycles. The summed E-state index contributed by atoms with van der Waals surface area (Å²) in [6, 6.07) is 5.03. The molecule has 1 aromatic carbocycles. The molecule has 1 amide bonds. The second-order valence-corrected chi connectivity index (χ2v) is 7.49. The van der Waals surface area contributed by atoms with Crippen molar-refractivity contribution in [2.45, 2.75) is 58.3 Å². The number of Topliss-reactive ketones (excluding diaryl/α,β-unsaturated/α-hetero) is 1. The van der Waals surface area contributed by atoms with Crippen molar-refractivity contribution in [3.05, 3.63) is 35.5 Å². The van der Waals surface area contributed by atoms with Crippen LogP contribution in [0.25, 0.3) is 10.9 Å². The van der Waals surface area contributed by atoms with Crippen molar-refractivity contribution in [2.24, 2.45) is 0 Å². The molecular weight excluding hydrogens is 386 g/mol. The number of ether oxygens (including phenoxy) is 2. The van der Waals surface area contributed by atoms with Crippen LogP contribution in [-0.2, 0) is 30.3 Å². The molecular formula is C22H29N3O5. The van der Waals surface area contributed by atoms with Gasteiger partial charge >= 0.3 is 5.97 Å². The van der Waals surface area contributed by atoms with Crippen molar-refractivity contribution in [1.82, 2.24) is 10.3 Å². The first-order valence-corrected chi connectivity index (χ1v) is 9.88. The van der Waals surface area contributed by atoms with E-state index >= 15 is 0 Å². The molecule has 0 fully saturated rings. The van der Waals surface area contributed by atoms with Crippen LogP contribution in [0.2, 0.25) is 0 Å². The number of amides is 1. The first kappa shape index (κ1) is 23.3. The zero-order chi connectivity index (χ0) is 22.3. The number of rotatable bonds is 11. The molecule has 0 bridgehead atoms. The maximum absolute atomic E-state index is 12.8. The van der Waals surface area contributed by atoms with Crippen LogP contribution in [0, 0.1) is 12.3 Å². The molecule has 1 heterocycles. The molecule has 30 heavy (non-hydrogen) atoms. The Morgan fingerprint density at radius 3 is 2.63 bits per heavy atom. The molecule has 0 aliphatic heterocycles. The van der Waals surface area contributed by atoms with E-state index in [0.29, 0.717) is 12.6 Å². The van der Waals surface area contributed by atoms with Gasteiger partial charge in [0.25, 0.3) is 0 Å². The summed E-state index contributed by atoms with van der Waals surface area (Å²) in [5.74, 6) is -1.51. The minimum absolute atomic E-state index is 0.0407. The molecule has 2 atom stereocenters. The Bertz CT molecular complexity index is 919. The number of hydrogen-bond acceptors (Lipinski definition) is 6. The number of carbonyl (C=O) groups is 3. The molecule has 0 aliphatic carbocycles. The van der Waals surface area contributed by atoms with Crippen LogP contribution >= 0.6 is 0 Å². The Morgan fingerprint density at radius 1 is 1.27 bits per heavy atom. The number of esters is 1. The molecule has 0 aliphatic rings. The number of methoxy groups -OCH3 is 1. The predicted molar refractivity (Wildman–Crippen MR) is 114 cm³/mol. The fraction of sp³-hybridized carbons (Fsp3) is 0.455. The molecule has 3 N–H and O–H groups in total. The normalized spacial score (nSPS) is 13.1. The number of aryl methyl sites for hydroxylation is 1. The third kappa shape index (κ3) is 6.25. The molecule has 0 saturated heterocycles. The average molecular weight is 415 g/mol. The number of carbonyl (C=O) groups excluding carboxylic acids is 3. The van der Waals surface area contributed by atoms with Crippen LogP contribution in [0.15, 0.2) is 24.4 Å². The summed E-state index contributed by atoms with van der Waals surface area (Å²) >= 11 is 0. The number of fused-ring (bicyclic) bond motifs is 1. The Balaban J connectivity index is 2.13. The first-order chi connectivity index (χ1) is 14.2. The number of ketones is 1. The quantitative estimate of drug-likeness (QED) is 0.384. The Hall–Kier alpha value is -3.00. The highest BCUT2D eigenvalue weighted by atomic mass is 16.5. The highest BCUT2D eigenvalue weighted by Crippen LogP contribution is 2.21. The lowest BCUT2D eigenvalue weighted by atomic mass is 10.0. The zero-order valence-corrected chi connectivity index (χ0v) is 17.8. The van der Waals surface area contributed by atoms with Gasteiger partial charge < -0.3 is 25.2 Å². The van der Waals surface area contributed by atoms with Crippen molar-refractivity contribution in [1.29, 1.82) is 5.41 Å². The lowest BCUT2D eigenvalue weighted by Gasteiger charge is -2.22. The lowest BCUT2D eigenvalue weighted by Crippen LogP contribution is -2.48. The molecule has 8 nitrogen and oxygen atoms in total. The molecule has 8 heteroatoms. The predicted octanol–water partition coefficient (Wildman–Crippen LogP) is 2.47. The maximum Gasteiger partial charge on any atom is 0.328 e. The summed E-state index contributed by atoms with van der Waals surface area (Å²) in [6.07, 6.45) is 1.69. The van der Waals surface area contributed by atoms with Crippen LogP contribution < -0.4 is 5.32 Å². The van der Waals surface area contributed by atoms with E-state index in [1.165, 1.54) is 7.11 Å². The summed E-state index contributed by atoms with van der Waals surface area (Å²) in [5.41, 5.74) is 3.00. The van der Waals surface area contributed by atoms with Crippen LogP contribution in [0.1, 0.15) is 37.8 Å². The van der Waals surface area contributed by atoms with Crippen molar-refractivity contribution in [3.8, 4) is 0 Å². The molecule has 2 rings (SSSR count). The first-order valence-electron chi connectivity index (χ1n) is 9.88. The molecule has 0 unspecified atom stereocenters. The lowest BCUT2D eigenvalue weighted by molar-refractivity contribution is -0.152. The summed E-state index contributed by atoms with van der Waals surface area (Å²) in [5, 5.41) is 10.7. The zero-order valence-electron chi connectivity index (χ0n) is 17.8. The Labute approximate surface area is 175 Å². The Morgan fingerprint density at radius 2 is 2.00 bits per heavy atom. The van der Waals surface area contributed by atoms with E-state index in [1.807, 2.05) is 31.3 Å². The van der Waals surface area contributed by atoms with Crippen LogP contribution in [0.4, 0.5) is 0 Å². The van der Waals surface area contributed by atoms with Crippen LogP contribution in [0.3, 0.4) is 0 Å². The summed E-state index contributed by atoms with van der Waals surface area (Å²) in [4.78, 5) is 39.9. The number of benzene rings is 1. The van der Waals surface area contributed by atoms with E-state index in [4.69, 9.17) is 14.9 Å². The van der Waals surface area contributed by atoms with Gasteiger partial charge in [-0.05, 0) is 44.9 Å². The van der Waals surface area contributed by atoms with E-state index in [9.17, 15) is 14.4 Å². The van der Waals surface area contributed by atoms with Crippen molar-refractivity contribution in [2.75, 3.05) is 7.11 Å². The minimum atomic E-state index is -0.994. The number of aromatic nitrogens is 1. The maximum atomic E-state index is 12.8. The number of hydrogen-bond donors (Lipinski definition) is 3. The van der Waals surface area contributed by atoms with Crippen molar-refractivity contribution >= 4 is 34.8 Å². The molecule has 0 radical (unpaired) electrons. The topological polar surface area (TPSA) is 121 Å². The van der Waals surface area contributed by atoms with Gasteiger partial charge in [-0.1, -0.05) is 11.6 Å². The van der Waals surface area contributed by atoms with Gasteiger partial charge in [0.2, 0.25) is 5.91 Å². The third-order valence-electron chi connectivity index (χ3n) is 4.70. The van der Waals surface area contributed by atoms with E-state index in [1.54, 1.807) is 13.8 Å².